The van der Waals surface area contributed by atoms with Crippen LogP contribution in [0.5, 0.6) is 0 Å². The summed E-state index contributed by atoms with van der Waals surface area (Å²) in [5.41, 5.74) is -1.25. The number of aliphatic hydroxyl groups is 1. The van der Waals surface area contributed by atoms with Gasteiger partial charge < -0.3 is 25.0 Å². The molecule has 0 aromatic heterocycles. The molecule has 3 aliphatic rings. The van der Waals surface area contributed by atoms with Crippen molar-refractivity contribution in [3.8, 4) is 0 Å². The van der Waals surface area contributed by atoms with Crippen molar-refractivity contribution in [1.82, 2.24) is 4.90 Å². The van der Waals surface area contributed by atoms with Crippen LogP contribution in [0.2, 0.25) is 0 Å². The van der Waals surface area contributed by atoms with Gasteiger partial charge in [-0.3, -0.25) is 9.59 Å². The van der Waals surface area contributed by atoms with Gasteiger partial charge in [-0.05, 0) is 56.0 Å². The van der Waals surface area contributed by atoms with Crippen molar-refractivity contribution in [3.63, 3.8) is 0 Å². The summed E-state index contributed by atoms with van der Waals surface area (Å²) in [6.45, 7) is 20.0. The minimum Gasteiger partial charge on any atom is -0.478 e. The van der Waals surface area contributed by atoms with E-state index >= 15 is 0 Å². The van der Waals surface area contributed by atoms with Gasteiger partial charge in [0.05, 0.1) is 11.9 Å². The van der Waals surface area contributed by atoms with Crippen molar-refractivity contribution >= 4 is 35.5 Å². The van der Waals surface area contributed by atoms with Crippen molar-refractivity contribution in [3.05, 3.63) is 24.8 Å². The maximum Gasteiger partial charge on any atom is 0.328 e. The second kappa shape index (κ2) is 15.0. The molecule has 8 atom stereocenters. The van der Waals surface area contributed by atoms with Crippen LogP contribution in [-0.2, 0) is 23.9 Å². The normalized spacial score (nSPS) is 35.9. The van der Waals surface area contributed by atoms with E-state index in [1.54, 1.807) is 11.8 Å². The smallest absolute Gasteiger partial charge is 0.328 e. The molecule has 3 saturated carbocycles. The maximum absolute atomic E-state index is 13.4. The molecule has 238 valence electrons. The van der Waals surface area contributed by atoms with E-state index in [1.807, 2.05) is 13.0 Å². The molecule has 3 fully saturated rings. The Morgan fingerprint density at radius 1 is 1.10 bits per heavy atom. The molecule has 0 aromatic carbocycles. The molecule has 42 heavy (non-hydrogen) atoms. The van der Waals surface area contributed by atoms with Crippen molar-refractivity contribution < 1.29 is 39.2 Å². The molecule has 0 radical (unpaired) electrons. The van der Waals surface area contributed by atoms with Crippen molar-refractivity contribution in [1.29, 1.82) is 0 Å². The van der Waals surface area contributed by atoms with E-state index in [2.05, 4.69) is 46.1 Å². The van der Waals surface area contributed by atoms with Crippen LogP contribution >= 0.6 is 11.8 Å². The highest BCUT2D eigenvalue weighted by Crippen LogP contribution is 2.68. The first-order valence-electron chi connectivity index (χ1n) is 15.1. The molecule has 0 amide bonds. The van der Waals surface area contributed by atoms with E-state index in [0.717, 1.165) is 44.6 Å². The Bertz CT molecular complexity index is 1010. The fourth-order valence-electron chi connectivity index (χ4n) is 7.73. The van der Waals surface area contributed by atoms with E-state index < -0.39 is 35.0 Å². The van der Waals surface area contributed by atoms with Crippen LogP contribution in [0, 0.1) is 34.0 Å². The van der Waals surface area contributed by atoms with Gasteiger partial charge in [0.1, 0.15) is 11.9 Å². The fraction of sp³-hybridized carbons (Fsp3) is 0.750. The zero-order chi connectivity index (χ0) is 31.9. The van der Waals surface area contributed by atoms with Crippen LogP contribution in [0.4, 0.5) is 0 Å². The number of carboxylic acids is 2. The van der Waals surface area contributed by atoms with Crippen molar-refractivity contribution in [2.75, 3.05) is 31.1 Å². The number of thioether (sulfide) groups is 1. The van der Waals surface area contributed by atoms with Crippen LogP contribution in [0.15, 0.2) is 24.8 Å². The Labute approximate surface area is 255 Å². The number of hydrogen-bond donors (Lipinski definition) is 3. The number of esters is 1. The van der Waals surface area contributed by atoms with E-state index in [-0.39, 0.29) is 29.1 Å². The summed E-state index contributed by atoms with van der Waals surface area (Å²) in [4.78, 5) is 48.0. The van der Waals surface area contributed by atoms with Gasteiger partial charge in [0.2, 0.25) is 0 Å². The highest BCUT2D eigenvalue weighted by atomic mass is 32.2. The predicted octanol–water partition coefficient (Wildman–Crippen LogP) is 4.68. The van der Waals surface area contributed by atoms with Crippen LogP contribution in [0.25, 0.3) is 0 Å². The molecule has 3 rings (SSSR count). The van der Waals surface area contributed by atoms with Gasteiger partial charge in [0, 0.05) is 47.6 Å². The van der Waals surface area contributed by atoms with E-state index in [0.29, 0.717) is 36.5 Å². The third-order valence-electron chi connectivity index (χ3n) is 10.6. The molecule has 0 heterocycles. The fourth-order valence-corrected chi connectivity index (χ4v) is 8.49. The molecule has 0 aromatic rings. The predicted molar refractivity (Wildman–Crippen MR) is 164 cm³/mol. The highest BCUT2D eigenvalue weighted by molar-refractivity contribution is 7.99. The second-order valence-electron chi connectivity index (χ2n) is 12.7. The highest BCUT2D eigenvalue weighted by Gasteiger charge is 2.68. The Morgan fingerprint density at radius 3 is 2.21 bits per heavy atom. The summed E-state index contributed by atoms with van der Waals surface area (Å²) in [5.74, 6) is -1.14. The molecular formula is C32H51NO8S. The summed E-state index contributed by atoms with van der Waals surface area (Å²) in [7, 11) is 0. The monoisotopic (exact) mass is 609 g/mol. The van der Waals surface area contributed by atoms with Crippen LogP contribution in [0.1, 0.15) is 73.6 Å². The number of ether oxygens (including phenoxy) is 1. The first-order valence-corrected chi connectivity index (χ1v) is 16.3. The summed E-state index contributed by atoms with van der Waals surface area (Å²) in [6.07, 6.45) is 5.76. The minimum atomic E-state index is -1.26. The number of carbonyl (C=O) groups is 4. The summed E-state index contributed by atoms with van der Waals surface area (Å²) >= 11 is 1.61. The van der Waals surface area contributed by atoms with E-state index in [9.17, 15) is 24.3 Å². The van der Waals surface area contributed by atoms with E-state index in [1.165, 1.54) is 0 Å². The van der Waals surface area contributed by atoms with Crippen LogP contribution < -0.4 is 0 Å². The summed E-state index contributed by atoms with van der Waals surface area (Å²) in [6, 6.07) is 0. The zero-order valence-electron chi connectivity index (χ0n) is 26.1. The average Bonchev–Trinajstić information content (AvgIpc) is 3.30. The largest absolute Gasteiger partial charge is 0.478 e. The van der Waals surface area contributed by atoms with Gasteiger partial charge >= 0.3 is 17.9 Å². The van der Waals surface area contributed by atoms with E-state index in [4.69, 9.17) is 14.9 Å². The molecule has 9 nitrogen and oxygen atoms in total. The Balaban J connectivity index is 0.000000675. The van der Waals surface area contributed by atoms with Gasteiger partial charge in [-0.15, -0.1) is 18.3 Å². The Morgan fingerprint density at radius 2 is 1.69 bits per heavy atom. The lowest BCUT2D eigenvalue weighted by atomic mass is 9.44. The average molecular weight is 610 g/mol. The summed E-state index contributed by atoms with van der Waals surface area (Å²) < 4.78 is 6.30. The number of rotatable bonds is 11. The number of nitrogens with zero attached hydrogens (tertiary/aromatic N) is 1. The quantitative estimate of drug-likeness (QED) is 0.131. The topological polar surface area (TPSA) is 141 Å². The molecule has 0 spiro atoms. The Hall–Kier alpha value is -2.17. The SMILES string of the molecule is C=C[C@]1(C)C[C@@H](OC(=O)CSCCN(CC)CC)[C@]2(C)C(C)CC[C@]3(CCC(=O)C32)[C@@H](C)[C@@H]1O.O=C(O)/C=C/C(=O)O. The first-order chi connectivity index (χ1) is 19.6. The zero-order valence-corrected chi connectivity index (χ0v) is 27.0. The van der Waals surface area contributed by atoms with Crippen LogP contribution in [0.3, 0.4) is 0 Å². The molecule has 3 N–H and O–H groups in total. The molecule has 2 bridgehead atoms. The molecule has 3 aliphatic carbocycles. The van der Waals surface area contributed by atoms with Crippen molar-refractivity contribution in [2.45, 2.75) is 85.9 Å². The third-order valence-corrected chi connectivity index (χ3v) is 11.5. The molecule has 0 aliphatic heterocycles. The summed E-state index contributed by atoms with van der Waals surface area (Å²) in [5, 5.41) is 27.2. The van der Waals surface area contributed by atoms with Gasteiger partial charge in [-0.2, -0.15) is 0 Å². The molecule has 0 saturated heterocycles. The lowest BCUT2D eigenvalue weighted by Gasteiger charge is -2.61. The lowest BCUT2D eigenvalue weighted by molar-refractivity contribution is -0.205. The number of aliphatic hydroxyl groups excluding tert-OH is 1. The van der Waals surface area contributed by atoms with Crippen molar-refractivity contribution in [2.24, 2.45) is 34.0 Å². The lowest BCUT2D eigenvalue weighted by Crippen LogP contribution is -2.63. The van der Waals surface area contributed by atoms with Gasteiger partial charge in [0.15, 0.2) is 0 Å². The second-order valence-corrected chi connectivity index (χ2v) is 13.8. The van der Waals surface area contributed by atoms with Gasteiger partial charge in [-0.1, -0.05) is 47.6 Å². The maximum atomic E-state index is 13.4. The number of aliphatic carboxylic acids is 2. The molecular weight excluding hydrogens is 558 g/mol. The number of Topliss-reactive ketones (excluding diaryl/α,β-unsaturated/α-hetero) is 1. The van der Waals surface area contributed by atoms with Gasteiger partial charge in [0.25, 0.3) is 0 Å². The third kappa shape index (κ3) is 7.66. The standard InChI is InChI=1S/C28H47NO4S.C4H4O4/c1-8-26(6)17-22(33-23(31)18-34-16-15-29(9-2)10-3)27(7)19(4)11-13-28(20(5)25(26)32)14-12-21(30)24(27)28;5-3(6)1-2-4(7)8/h8,19-20,22,24-25,32H,1,9-18H2,2-7H3;1-2H,(H,5,6)(H,7,8)/b;2-1+/t19?,20-,22+,24?,25-,26+,27-,28-;/m0./s1. The number of hydrogen-bond acceptors (Lipinski definition) is 8. The Kier molecular flexibility index (Phi) is 12.9. The number of carboxylic acid groups (broad SMARTS) is 2. The van der Waals surface area contributed by atoms with Gasteiger partial charge in [-0.25, -0.2) is 9.59 Å². The number of carbonyl (C=O) groups excluding carboxylic acids is 2. The molecule has 10 heteroatoms. The first kappa shape index (κ1) is 36.0. The minimum absolute atomic E-state index is 0.00828. The number of ketones is 1. The van der Waals surface area contributed by atoms with Crippen LogP contribution in [-0.4, -0.2) is 87.3 Å². The molecule has 2 unspecified atom stereocenters.